The fourth-order valence-electron chi connectivity index (χ4n) is 3.28. The number of hydrogen-bond acceptors (Lipinski definition) is 3. The molecule has 1 aromatic carbocycles. The summed E-state index contributed by atoms with van der Waals surface area (Å²) < 4.78 is 6.45. The van der Waals surface area contributed by atoms with Crippen molar-refractivity contribution in [1.82, 2.24) is 10.2 Å². The van der Waals surface area contributed by atoms with Gasteiger partial charge in [-0.1, -0.05) is 12.1 Å². The van der Waals surface area contributed by atoms with E-state index in [0.717, 1.165) is 44.8 Å². The van der Waals surface area contributed by atoms with Gasteiger partial charge in [-0.25, -0.2) is 0 Å². The summed E-state index contributed by atoms with van der Waals surface area (Å²) in [7, 11) is 0. The van der Waals surface area contributed by atoms with Gasteiger partial charge in [-0.3, -0.25) is 0 Å². The molecule has 2 aliphatic heterocycles. The van der Waals surface area contributed by atoms with Crippen molar-refractivity contribution in [1.29, 1.82) is 0 Å². The normalized spacial score (nSPS) is 22.0. The minimum absolute atomic E-state index is 0.0108. The van der Waals surface area contributed by atoms with E-state index in [-0.39, 0.29) is 5.60 Å². The van der Waals surface area contributed by atoms with Gasteiger partial charge in [-0.2, -0.15) is 0 Å². The van der Waals surface area contributed by atoms with Crippen molar-refractivity contribution in [3.05, 3.63) is 29.3 Å². The number of likely N-dealkylation sites (tertiary alicyclic amines) is 1. The molecule has 0 aromatic heterocycles. The number of ether oxygens (including phenoxy) is 1. The molecule has 2 aliphatic rings. The lowest BCUT2D eigenvalue weighted by Crippen LogP contribution is -2.48. The van der Waals surface area contributed by atoms with Gasteiger partial charge in [-0.15, -0.1) is 0 Å². The zero-order chi connectivity index (χ0) is 14.2. The second-order valence-corrected chi connectivity index (χ2v) is 6.68. The molecule has 0 radical (unpaired) electrons. The molecule has 0 amide bonds. The maximum absolute atomic E-state index is 6.45. The van der Waals surface area contributed by atoms with Crippen LogP contribution in [0.1, 0.15) is 44.7 Å². The Kier molecular flexibility index (Phi) is 3.74. The van der Waals surface area contributed by atoms with Crippen molar-refractivity contribution in [2.24, 2.45) is 0 Å². The summed E-state index contributed by atoms with van der Waals surface area (Å²) in [4.78, 5) is 2.54. The monoisotopic (exact) mass is 274 g/mol. The van der Waals surface area contributed by atoms with E-state index in [1.165, 1.54) is 11.1 Å². The highest BCUT2D eigenvalue weighted by Crippen LogP contribution is 2.33. The van der Waals surface area contributed by atoms with Crippen molar-refractivity contribution in [2.45, 2.75) is 58.3 Å². The van der Waals surface area contributed by atoms with Crippen LogP contribution >= 0.6 is 0 Å². The van der Waals surface area contributed by atoms with Gasteiger partial charge in [0.2, 0.25) is 0 Å². The Labute approximate surface area is 122 Å². The molecule has 3 nitrogen and oxygen atoms in total. The first-order chi connectivity index (χ1) is 9.57. The van der Waals surface area contributed by atoms with Gasteiger partial charge in [0.15, 0.2) is 0 Å². The second-order valence-electron chi connectivity index (χ2n) is 6.68. The van der Waals surface area contributed by atoms with Crippen LogP contribution in [0.2, 0.25) is 0 Å². The highest BCUT2D eigenvalue weighted by molar-refractivity contribution is 5.42. The molecule has 1 aromatic rings. The van der Waals surface area contributed by atoms with Crippen LogP contribution in [-0.2, 0) is 13.1 Å². The third-order valence-corrected chi connectivity index (χ3v) is 4.79. The summed E-state index contributed by atoms with van der Waals surface area (Å²) in [6.45, 7) is 11.0. The minimum atomic E-state index is -0.0108. The number of nitrogens with one attached hydrogen (secondary N) is 1. The third-order valence-electron chi connectivity index (χ3n) is 4.79. The molecule has 0 atom stereocenters. The summed E-state index contributed by atoms with van der Waals surface area (Å²) in [5.41, 5.74) is 2.74. The summed E-state index contributed by atoms with van der Waals surface area (Å²) in [6.07, 6.45) is 2.23. The van der Waals surface area contributed by atoms with Gasteiger partial charge in [0.05, 0.1) is 0 Å². The van der Waals surface area contributed by atoms with Gasteiger partial charge in [0.25, 0.3) is 0 Å². The van der Waals surface area contributed by atoms with Gasteiger partial charge in [-0.05, 0) is 45.2 Å². The first-order valence-electron chi connectivity index (χ1n) is 7.82. The van der Waals surface area contributed by atoms with Crippen molar-refractivity contribution in [3.8, 4) is 5.75 Å². The molecule has 20 heavy (non-hydrogen) atoms. The lowest BCUT2D eigenvalue weighted by atomic mass is 9.92. The number of rotatable bonds is 3. The topological polar surface area (TPSA) is 24.5 Å². The van der Waals surface area contributed by atoms with Crippen molar-refractivity contribution in [3.63, 3.8) is 0 Å². The first kappa shape index (κ1) is 13.9. The third kappa shape index (κ3) is 2.70. The van der Waals surface area contributed by atoms with E-state index in [0.29, 0.717) is 6.04 Å². The SMILES string of the molecule is CC(C)N1CCC(C)(Oc2cccc3c2CNC3)CC1. The highest BCUT2D eigenvalue weighted by atomic mass is 16.5. The molecule has 1 saturated heterocycles. The van der Waals surface area contributed by atoms with E-state index in [4.69, 9.17) is 4.74 Å². The molecular weight excluding hydrogens is 248 g/mol. The lowest BCUT2D eigenvalue weighted by molar-refractivity contribution is 0.00738. The molecule has 3 rings (SSSR count). The van der Waals surface area contributed by atoms with Crippen LogP contribution in [-0.4, -0.2) is 29.6 Å². The largest absolute Gasteiger partial charge is 0.487 e. The smallest absolute Gasteiger partial charge is 0.124 e. The van der Waals surface area contributed by atoms with Gasteiger partial charge < -0.3 is 15.0 Å². The Hall–Kier alpha value is -1.06. The number of benzene rings is 1. The molecule has 0 spiro atoms. The average Bonchev–Trinajstić information content (AvgIpc) is 2.88. The molecule has 0 aliphatic carbocycles. The summed E-state index contributed by atoms with van der Waals surface area (Å²) in [5, 5.41) is 3.41. The second kappa shape index (κ2) is 5.38. The fraction of sp³-hybridized carbons (Fsp3) is 0.647. The van der Waals surface area contributed by atoms with E-state index >= 15 is 0 Å². The van der Waals surface area contributed by atoms with Gasteiger partial charge >= 0.3 is 0 Å². The predicted molar refractivity (Wildman–Crippen MR) is 82.0 cm³/mol. The Balaban J connectivity index is 1.71. The van der Waals surface area contributed by atoms with Crippen molar-refractivity contribution in [2.75, 3.05) is 13.1 Å². The molecule has 0 unspecified atom stereocenters. The molecule has 110 valence electrons. The number of hydrogen-bond donors (Lipinski definition) is 1. The Morgan fingerprint density at radius 3 is 2.65 bits per heavy atom. The predicted octanol–water partition coefficient (Wildman–Crippen LogP) is 2.93. The summed E-state index contributed by atoms with van der Waals surface area (Å²) in [6, 6.07) is 7.09. The Morgan fingerprint density at radius 2 is 1.95 bits per heavy atom. The zero-order valence-corrected chi connectivity index (χ0v) is 12.9. The fourth-order valence-corrected chi connectivity index (χ4v) is 3.28. The number of piperidine rings is 1. The molecule has 1 fully saturated rings. The summed E-state index contributed by atoms with van der Waals surface area (Å²) in [5.74, 6) is 1.09. The van der Waals surface area contributed by atoms with Crippen LogP contribution in [0.15, 0.2) is 18.2 Å². The Bertz CT molecular complexity index is 476. The average molecular weight is 274 g/mol. The van der Waals surface area contributed by atoms with E-state index in [2.05, 4.69) is 49.2 Å². The highest BCUT2D eigenvalue weighted by Gasteiger charge is 2.33. The maximum atomic E-state index is 6.45. The van der Waals surface area contributed by atoms with Crippen LogP contribution < -0.4 is 10.1 Å². The molecule has 2 heterocycles. The van der Waals surface area contributed by atoms with Crippen molar-refractivity contribution < 1.29 is 4.74 Å². The lowest BCUT2D eigenvalue weighted by Gasteiger charge is -2.41. The molecular formula is C17H26N2O. The first-order valence-corrected chi connectivity index (χ1v) is 7.82. The summed E-state index contributed by atoms with van der Waals surface area (Å²) >= 11 is 0. The van der Waals surface area contributed by atoms with Crippen molar-refractivity contribution >= 4 is 0 Å². The van der Waals surface area contributed by atoms with Crippen LogP contribution in [0.3, 0.4) is 0 Å². The van der Waals surface area contributed by atoms with Crippen LogP contribution in [0.25, 0.3) is 0 Å². The molecule has 0 bridgehead atoms. The number of fused-ring (bicyclic) bond motifs is 1. The van der Waals surface area contributed by atoms with E-state index < -0.39 is 0 Å². The van der Waals surface area contributed by atoms with E-state index in [1.807, 2.05) is 0 Å². The van der Waals surface area contributed by atoms with Gasteiger partial charge in [0, 0.05) is 37.8 Å². The molecule has 1 N–H and O–H groups in total. The Morgan fingerprint density at radius 1 is 1.20 bits per heavy atom. The maximum Gasteiger partial charge on any atom is 0.124 e. The zero-order valence-electron chi connectivity index (χ0n) is 12.9. The van der Waals surface area contributed by atoms with E-state index in [1.54, 1.807) is 0 Å². The van der Waals surface area contributed by atoms with E-state index in [9.17, 15) is 0 Å². The molecule has 0 saturated carbocycles. The van der Waals surface area contributed by atoms with Crippen LogP contribution in [0.4, 0.5) is 0 Å². The molecule has 3 heteroatoms. The van der Waals surface area contributed by atoms with Crippen LogP contribution in [0, 0.1) is 0 Å². The quantitative estimate of drug-likeness (QED) is 0.917. The van der Waals surface area contributed by atoms with Crippen LogP contribution in [0.5, 0.6) is 5.75 Å². The van der Waals surface area contributed by atoms with Gasteiger partial charge in [0.1, 0.15) is 11.4 Å². The standard InChI is InChI=1S/C17H26N2O/c1-13(2)19-9-7-17(3,8-10-19)20-16-6-4-5-14-11-18-12-15(14)16/h4-6,13,18H,7-12H2,1-3H3. The minimum Gasteiger partial charge on any atom is -0.487 e. The number of nitrogens with zero attached hydrogens (tertiary/aromatic N) is 1.